The van der Waals surface area contributed by atoms with Crippen molar-refractivity contribution in [3.8, 4) is 0 Å². The number of benzene rings is 1. The van der Waals surface area contributed by atoms with E-state index in [0.717, 1.165) is 5.56 Å². The lowest BCUT2D eigenvalue weighted by Gasteiger charge is -2.17. The number of ether oxygens (including phenoxy) is 1. The molecule has 0 aliphatic carbocycles. The molecule has 1 aliphatic rings. The van der Waals surface area contributed by atoms with Crippen LogP contribution in [-0.2, 0) is 14.3 Å². The van der Waals surface area contributed by atoms with E-state index in [9.17, 15) is 9.59 Å². The molecule has 1 aliphatic heterocycles. The SMILES string of the molecule is C=C1C(=O)OC(CCC(=O)O)C1c1ccc(Cl)cc1. The molecule has 5 heteroatoms. The average Bonchev–Trinajstić information content (AvgIpc) is 2.64. The standard InChI is InChI=1S/C14H13ClO4/c1-8-13(9-2-4-10(15)5-3-9)11(19-14(8)18)6-7-12(16)17/h2-5,11,13H,1,6-7H2,(H,16,17). The van der Waals surface area contributed by atoms with Gasteiger partial charge in [0.05, 0.1) is 5.92 Å². The van der Waals surface area contributed by atoms with Crippen molar-refractivity contribution in [2.75, 3.05) is 0 Å². The van der Waals surface area contributed by atoms with Gasteiger partial charge in [-0.15, -0.1) is 0 Å². The molecule has 2 atom stereocenters. The Morgan fingerprint density at radius 3 is 2.58 bits per heavy atom. The number of carboxylic acids is 1. The van der Waals surface area contributed by atoms with Crippen LogP contribution in [0.5, 0.6) is 0 Å². The van der Waals surface area contributed by atoms with Crippen LogP contribution in [0, 0.1) is 0 Å². The normalized spacial score (nSPS) is 22.4. The fraction of sp³-hybridized carbons (Fsp3) is 0.286. The largest absolute Gasteiger partial charge is 0.481 e. The number of cyclic esters (lactones) is 1. The van der Waals surface area contributed by atoms with Gasteiger partial charge in [-0.1, -0.05) is 30.3 Å². The molecule has 1 saturated heterocycles. The Kier molecular flexibility index (Phi) is 3.90. The number of hydrogen-bond donors (Lipinski definition) is 1. The monoisotopic (exact) mass is 280 g/mol. The summed E-state index contributed by atoms with van der Waals surface area (Å²) in [7, 11) is 0. The number of esters is 1. The van der Waals surface area contributed by atoms with Crippen molar-refractivity contribution in [3.05, 3.63) is 47.0 Å². The minimum absolute atomic E-state index is 0.0463. The van der Waals surface area contributed by atoms with Crippen molar-refractivity contribution in [3.63, 3.8) is 0 Å². The Morgan fingerprint density at radius 1 is 1.37 bits per heavy atom. The number of rotatable bonds is 4. The minimum Gasteiger partial charge on any atom is -0.481 e. The molecule has 1 fully saturated rings. The molecule has 0 saturated carbocycles. The van der Waals surface area contributed by atoms with Gasteiger partial charge in [-0.25, -0.2) is 4.79 Å². The zero-order valence-electron chi connectivity index (χ0n) is 10.1. The highest BCUT2D eigenvalue weighted by Gasteiger charge is 2.39. The quantitative estimate of drug-likeness (QED) is 0.680. The highest BCUT2D eigenvalue weighted by molar-refractivity contribution is 6.30. The summed E-state index contributed by atoms with van der Waals surface area (Å²) in [6, 6.07) is 7.05. The fourth-order valence-electron chi connectivity index (χ4n) is 2.21. The van der Waals surface area contributed by atoms with Crippen LogP contribution in [0.25, 0.3) is 0 Å². The van der Waals surface area contributed by atoms with E-state index in [2.05, 4.69) is 6.58 Å². The average molecular weight is 281 g/mol. The highest BCUT2D eigenvalue weighted by Crippen LogP contribution is 2.38. The van der Waals surface area contributed by atoms with E-state index in [0.29, 0.717) is 10.6 Å². The van der Waals surface area contributed by atoms with Gasteiger partial charge in [0, 0.05) is 17.0 Å². The van der Waals surface area contributed by atoms with E-state index >= 15 is 0 Å². The van der Waals surface area contributed by atoms with Gasteiger partial charge < -0.3 is 9.84 Å². The van der Waals surface area contributed by atoms with Crippen molar-refractivity contribution < 1.29 is 19.4 Å². The molecule has 1 N–H and O–H groups in total. The van der Waals surface area contributed by atoms with E-state index in [-0.39, 0.29) is 18.8 Å². The Bertz CT molecular complexity index is 521. The van der Waals surface area contributed by atoms with Crippen LogP contribution in [0.2, 0.25) is 5.02 Å². The molecular weight excluding hydrogens is 268 g/mol. The molecule has 1 heterocycles. The lowest BCUT2D eigenvalue weighted by Crippen LogP contribution is -2.16. The molecule has 1 aromatic rings. The molecule has 0 spiro atoms. The van der Waals surface area contributed by atoms with Gasteiger partial charge in [-0.2, -0.15) is 0 Å². The number of halogens is 1. The third-order valence-corrected chi connectivity index (χ3v) is 3.39. The Morgan fingerprint density at radius 2 is 2.00 bits per heavy atom. The topological polar surface area (TPSA) is 63.6 Å². The lowest BCUT2D eigenvalue weighted by atomic mass is 9.87. The van der Waals surface area contributed by atoms with E-state index in [1.807, 2.05) is 0 Å². The highest BCUT2D eigenvalue weighted by atomic mass is 35.5. The van der Waals surface area contributed by atoms with Crippen LogP contribution < -0.4 is 0 Å². The molecule has 2 rings (SSSR count). The van der Waals surface area contributed by atoms with Gasteiger partial charge >= 0.3 is 11.9 Å². The summed E-state index contributed by atoms with van der Waals surface area (Å²) in [5.74, 6) is -1.68. The molecule has 0 radical (unpaired) electrons. The lowest BCUT2D eigenvalue weighted by molar-refractivity contribution is -0.142. The second-order valence-electron chi connectivity index (χ2n) is 4.43. The molecule has 100 valence electrons. The third-order valence-electron chi connectivity index (χ3n) is 3.14. The zero-order valence-corrected chi connectivity index (χ0v) is 10.9. The molecule has 4 nitrogen and oxygen atoms in total. The molecule has 0 bridgehead atoms. The van der Waals surface area contributed by atoms with Gasteiger partial charge in [0.2, 0.25) is 0 Å². The maximum atomic E-state index is 11.6. The minimum atomic E-state index is -0.914. The number of carbonyl (C=O) groups excluding carboxylic acids is 1. The third kappa shape index (κ3) is 2.96. The molecule has 2 unspecified atom stereocenters. The van der Waals surface area contributed by atoms with Crippen LogP contribution in [-0.4, -0.2) is 23.1 Å². The summed E-state index contributed by atoms with van der Waals surface area (Å²) >= 11 is 5.82. The molecule has 0 amide bonds. The summed E-state index contributed by atoms with van der Waals surface area (Å²) in [5.41, 5.74) is 1.22. The maximum absolute atomic E-state index is 11.6. The summed E-state index contributed by atoms with van der Waals surface area (Å²) in [5, 5.41) is 9.32. The van der Waals surface area contributed by atoms with Crippen LogP contribution in [0.4, 0.5) is 0 Å². The maximum Gasteiger partial charge on any atom is 0.334 e. The predicted octanol–water partition coefficient (Wildman–Crippen LogP) is 2.77. The second-order valence-corrected chi connectivity index (χ2v) is 4.87. The van der Waals surface area contributed by atoms with E-state index in [1.54, 1.807) is 24.3 Å². The smallest absolute Gasteiger partial charge is 0.334 e. The van der Waals surface area contributed by atoms with Crippen molar-refractivity contribution in [1.82, 2.24) is 0 Å². The number of carboxylic acid groups (broad SMARTS) is 1. The summed E-state index contributed by atoms with van der Waals surface area (Å²) in [6.07, 6.45) is -0.250. The fourth-order valence-corrected chi connectivity index (χ4v) is 2.34. The summed E-state index contributed by atoms with van der Waals surface area (Å²) < 4.78 is 5.19. The van der Waals surface area contributed by atoms with E-state index in [1.165, 1.54) is 0 Å². The first-order valence-electron chi connectivity index (χ1n) is 5.86. The number of aliphatic carboxylic acids is 1. The molecular formula is C14H13ClO4. The Labute approximate surface area is 115 Å². The van der Waals surface area contributed by atoms with Crippen molar-refractivity contribution >= 4 is 23.5 Å². The Hall–Kier alpha value is -1.81. The number of carbonyl (C=O) groups is 2. The van der Waals surface area contributed by atoms with Crippen LogP contribution in [0.1, 0.15) is 24.3 Å². The molecule has 19 heavy (non-hydrogen) atoms. The van der Waals surface area contributed by atoms with Gasteiger partial charge in [-0.3, -0.25) is 4.79 Å². The first-order valence-corrected chi connectivity index (χ1v) is 6.24. The zero-order chi connectivity index (χ0) is 14.0. The van der Waals surface area contributed by atoms with Crippen molar-refractivity contribution in [2.24, 2.45) is 0 Å². The number of hydrogen-bond acceptors (Lipinski definition) is 3. The van der Waals surface area contributed by atoms with Gasteiger partial charge in [0.15, 0.2) is 0 Å². The van der Waals surface area contributed by atoms with Crippen LogP contribution in [0.3, 0.4) is 0 Å². The second kappa shape index (κ2) is 5.45. The van der Waals surface area contributed by atoms with Crippen molar-refractivity contribution in [1.29, 1.82) is 0 Å². The van der Waals surface area contributed by atoms with Gasteiger partial charge in [0.1, 0.15) is 6.10 Å². The molecule has 0 aromatic heterocycles. The van der Waals surface area contributed by atoms with E-state index < -0.39 is 18.0 Å². The van der Waals surface area contributed by atoms with Crippen molar-refractivity contribution in [2.45, 2.75) is 24.9 Å². The van der Waals surface area contributed by atoms with E-state index in [4.69, 9.17) is 21.4 Å². The van der Waals surface area contributed by atoms with Gasteiger partial charge in [-0.05, 0) is 24.1 Å². The summed E-state index contributed by atoms with van der Waals surface area (Å²) in [4.78, 5) is 22.2. The summed E-state index contributed by atoms with van der Waals surface area (Å²) in [6.45, 7) is 3.74. The van der Waals surface area contributed by atoms with Crippen LogP contribution in [0.15, 0.2) is 36.4 Å². The predicted molar refractivity (Wildman–Crippen MR) is 70.1 cm³/mol. The first kappa shape index (κ1) is 13.6. The Balaban J connectivity index is 2.22. The van der Waals surface area contributed by atoms with Gasteiger partial charge in [0.25, 0.3) is 0 Å². The van der Waals surface area contributed by atoms with Crippen LogP contribution >= 0.6 is 11.6 Å². The molecule has 1 aromatic carbocycles. The first-order chi connectivity index (χ1) is 8.99.